The molecule has 142 valence electrons. The van der Waals surface area contributed by atoms with E-state index in [0.717, 1.165) is 6.07 Å². The molecule has 0 spiro atoms. The summed E-state index contributed by atoms with van der Waals surface area (Å²) in [4.78, 5) is 30.2. The Balaban J connectivity index is 1.78. The molecule has 1 amide bonds. The van der Waals surface area contributed by atoms with Crippen molar-refractivity contribution in [3.05, 3.63) is 66.2 Å². The van der Waals surface area contributed by atoms with Gasteiger partial charge in [0.2, 0.25) is 5.91 Å². The van der Waals surface area contributed by atoms with Gasteiger partial charge in [0.05, 0.1) is 0 Å². The van der Waals surface area contributed by atoms with Gasteiger partial charge in [-0.15, -0.1) is 0 Å². The van der Waals surface area contributed by atoms with Crippen molar-refractivity contribution >= 4 is 29.2 Å². The van der Waals surface area contributed by atoms with Gasteiger partial charge in [0, 0.05) is 37.1 Å². The second-order valence-corrected chi connectivity index (χ2v) is 5.63. The number of halogens is 1. The van der Waals surface area contributed by atoms with Crippen molar-refractivity contribution in [2.75, 3.05) is 10.6 Å². The van der Waals surface area contributed by atoms with Gasteiger partial charge in [0.25, 0.3) is 0 Å². The minimum Gasteiger partial charge on any atom is -0.478 e. The molecule has 0 atom stereocenters. The van der Waals surface area contributed by atoms with Gasteiger partial charge in [-0.2, -0.15) is 0 Å². The number of hydrogen-bond acceptors (Lipinski definition) is 6. The zero-order valence-corrected chi connectivity index (χ0v) is 14.6. The van der Waals surface area contributed by atoms with Crippen LogP contribution in [0, 0.1) is 5.82 Å². The lowest BCUT2D eigenvalue weighted by Gasteiger charge is -2.11. The Morgan fingerprint density at radius 3 is 2.64 bits per heavy atom. The van der Waals surface area contributed by atoms with Crippen molar-refractivity contribution in [1.82, 2.24) is 9.97 Å². The molecule has 0 radical (unpaired) electrons. The maximum absolute atomic E-state index is 14.4. The van der Waals surface area contributed by atoms with Crippen molar-refractivity contribution in [3.8, 4) is 11.5 Å². The highest BCUT2D eigenvalue weighted by molar-refractivity contribution is 5.93. The van der Waals surface area contributed by atoms with Crippen LogP contribution in [0.2, 0.25) is 0 Å². The minimum absolute atomic E-state index is 0.0366. The number of benzene rings is 1. The molecule has 9 heteroatoms. The van der Waals surface area contributed by atoms with Gasteiger partial charge in [-0.25, -0.2) is 19.2 Å². The summed E-state index contributed by atoms with van der Waals surface area (Å²) in [6, 6.07) is 9.93. The van der Waals surface area contributed by atoms with E-state index >= 15 is 0 Å². The van der Waals surface area contributed by atoms with E-state index in [-0.39, 0.29) is 34.6 Å². The molecule has 0 fully saturated rings. The summed E-state index contributed by atoms with van der Waals surface area (Å²) in [6.07, 6.45) is 2.85. The van der Waals surface area contributed by atoms with Gasteiger partial charge < -0.3 is 20.5 Å². The van der Waals surface area contributed by atoms with E-state index in [1.165, 1.54) is 55.7 Å². The first-order valence-electron chi connectivity index (χ1n) is 8.09. The van der Waals surface area contributed by atoms with Crippen LogP contribution >= 0.6 is 0 Å². The maximum Gasteiger partial charge on any atom is 0.339 e. The fourth-order valence-corrected chi connectivity index (χ4v) is 2.33. The van der Waals surface area contributed by atoms with E-state index in [9.17, 15) is 19.1 Å². The largest absolute Gasteiger partial charge is 0.478 e. The number of ether oxygens (including phenoxy) is 1. The van der Waals surface area contributed by atoms with E-state index in [1.807, 2.05) is 0 Å². The van der Waals surface area contributed by atoms with Gasteiger partial charge in [-0.3, -0.25) is 4.79 Å². The number of aromatic nitrogens is 2. The first-order chi connectivity index (χ1) is 13.4. The fraction of sp³-hybridized carbons (Fsp3) is 0.0526. The third-order valence-electron chi connectivity index (χ3n) is 3.50. The Morgan fingerprint density at radius 2 is 1.93 bits per heavy atom. The monoisotopic (exact) mass is 382 g/mol. The maximum atomic E-state index is 14.4. The summed E-state index contributed by atoms with van der Waals surface area (Å²) in [5.41, 5.74) is 0.269. The number of carbonyl (C=O) groups is 2. The summed E-state index contributed by atoms with van der Waals surface area (Å²) in [6.45, 7) is 1.35. The van der Waals surface area contributed by atoms with Crippen LogP contribution in [-0.2, 0) is 4.79 Å². The first-order valence-corrected chi connectivity index (χ1v) is 8.09. The topological polar surface area (TPSA) is 113 Å². The van der Waals surface area contributed by atoms with Crippen molar-refractivity contribution in [3.63, 3.8) is 0 Å². The third-order valence-corrected chi connectivity index (χ3v) is 3.50. The predicted molar refractivity (Wildman–Crippen MR) is 99.5 cm³/mol. The van der Waals surface area contributed by atoms with E-state index in [4.69, 9.17) is 4.74 Å². The van der Waals surface area contributed by atoms with Gasteiger partial charge in [0.15, 0.2) is 11.6 Å². The number of amides is 1. The molecular weight excluding hydrogens is 367 g/mol. The molecule has 0 unspecified atom stereocenters. The van der Waals surface area contributed by atoms with Crippen LogP contribution in [0.15, 0.2) is 54.9 Å². The average Bonchev–Trinajstić information content (AvgIpc) is 2.64. The first kappa shape index (κ1) is 18.8. The molecule has 3 N–H and O–H groups in total. The van der Waals surface area contributed by atoms with Gasteiger partial charge in [-0.1, -0.05) is 0 Å². The minimum atomic E-state index is -1.15. The fourth-order valence-electron chi connectivity index (χ4n) is 2.33. The lowest BCUT2D eigenvalue weighted by atomic mass is 10.2. The number of nitrogens with zero attached hydrogens (tertiary/aromatic N) is 2. The van der Waals surface area contributed by atoms with Crippen LogP contribution in [0.4, 0.5) is 21.7 Å². The Morgan fingerprint density at radius 1 is 1.11 bits per heavy atom. The third kappa shape index (κ3) is 4.58. The van der Waals surface area contributed by atoms with E-state index < -0.39 is 11.8 Å². The van der Waals surface area contributed by atoms with Crippen LogP contribution < -0.4 is 15.4 Å². The number of rotatable bonds is 6. The SMILES string of the molecule is CC(=O)Nc1cc(Oc2ccc(Nc3ncccc3C(=O)O)cc2F)ccn1. The second-order valence-electron chi connectivity index (χ2n) is 5.63. The summed E-state index contributed by atoms with van der Waals surface area (Å²) < 4.78 is 19.9. The molecule has 1 aromatic carbocycles. The van der Waals surface area contributed by atoms with Crippen LogP contribution in [0.1, 0.15) is 17.3 Å². The second kappa shape index (κ2) is 8.12. The van der Waals surface area contributed by atoms with Gasteiger partial charge in [0.1, 0.15) is 22.9 Å². The molecule has 0 bridgehead atoms. The molecule has 0 saturated carbocycles. The Labute approximate surface area is 159 Å². The zero-order valence-electron chi connectivity index (χ0n) is 14.6. The highest BCUT2D eigenvalue weighted by atomic mass is 19.1. The molecule has 8 nitrogen and oxygen atoms in total. The lowest BCUT2D eigenvalue weighted by molar-refractivity contribution is -0.114. The summed E-state index contributed by atoms with van der Waals surface area (Å²) in [7, 11) is 0. The number of carboxylic acid groups (broad SMARTS) is 1. The van der Waals surface area contributed by atoms with Crippen LogP contribution in [0.5, 0.6) is 11.5 Å². The molecule has 0 saturated heterocycles. The molecule has 2 heterocycles. The van der Waals surface area contributed by atoms with E-state index in [1.54, 1.807) is 0 Å². The Hall–Kier alpha value is -4.01. The molecule has 3 rings (SSSR count). The van der Waals surface area contributed by atoms with E-state index in [2.05, 4.69) is 20.6 Å². The van der Waals surface area contributed by atoms with E-state index in [0.29, 0.717) is 5.69 Å². The molecule has 2 aromatic heterocycles. The summed E-state index contributed by atoms with van der Waals surface area (Å²) >= 11 is 0. The van der Waals surface area contributed by atoms with Crippen LogP contribution in [0.25, 0.3) is 0 Å². The number of pyridine rings is 2. The van der Waals surface area contributed by atoms with Crippen LogP contribution in [-0.4, -0.2) is 27.0 Å². The smallest absolute Gasteiger partial charge is 0.339 e. The highest BCUT2D eigenvalue weighted by Gasteiger charge is 2.12. The normalized spacial score (nSPS) is 10.2. The Bertz CT molecular complexity index is 1040. The summed E-state index contributed by atoms with van der Waals surface area (Å²) in [5, 5.41) is 14.5. The number of aromatic carboxylic acids is 1. The highest BCUT2D eigenvalue weighted by Crippen LogP contribution is 2.29. The molecule has 0 aliphatic rings. The average molecular weight is 382 g/mol. The molecule has 28 heavy (non-hydrogen) atoms. The van der Waals surface area contributed by atoms with Crippen LogP contribution in [0.3, 0.4) is 0 Å². The quantitative estimate of drug-likeness (QED) is 0.594. The van der Waals surface area contributed by atoms with Gasteiger partial charge in [-0.05, 0) is 30.3 Å². The molecule has 0 aliphatic heterocycles. The van der Waals surface area contributed by atoms with Crippen molar-refractivity contribution < 1.29 is 23.8 Å². The number of nitrogens with one attached hydrogen (secondary N) is 2. The predicted octanol–water partition coefficient (Wildman–Crippen LogP) is 3.81. The number of hydrogen-bond donors (Lipinski definition) is 3. The van der Waals surface area contributed by atoms with Gasteiger partial charge >= 0.3 is 5.97 Å². The van der Waals surface area contributed by atoms with Crippen molar-refractivity contribution in [2.45, 2.75) is 6.92 Å². The number of carbonyl (C=O) groups excluding carboxylic acids is 1. The number of anilines is 3. The van der Waals surface area contributed by atoms with Crippen molar-refractivity contribution in [1.29, 1.82) is 0 Å². The summed E-state index contributed by atoms with van der Waals surface area (Å²) in [5.74, 6) is -1.50. The zero-order chi connectivity index (χ0) is 20.1. The standard InChI is InChI=1S/C19H15FN4O4/c1-11(25)23-17-10-13(6-8-21-17)28-16-5-4-12(9-15(16)20)24-18-14(19(26)27)3-2-7-22-18/h2-10H,1H3,(H,22,24)(H,26,27)(H,21,23,25). The molecule has 0 aliphatic carbocycles. The molecule has 3 aromatic rings. The lowest BCUT2D eigenvalue weighted by Crippen LogP contribution is -2.07. The van der Waals surface area contributed by atoms with Crippen molar-refractivity contribution in [2.24, 2.45) is 0 Å². The molecular formula is C19H15FN4O4. The number of carboxylic acids is 1. The Kier molecular flexibility index (Phi) is 5.45.